The molecule has 0 aliphatic carbocycles. The van der Waals surface area contributed by atoms with Crippen LogP contribution < -0.4 is 10.6 Å². The zero-order valence-corrected chi connectivity index (χ0v) is 13.2. The number of hydrogen-bond acceptors (Lipinski definition) is 1. The third-order valence-electron chi connectivity index (χ3n) is 3.60. The molecule has 1 unspecified atom stereocenters. The van der Waals surface area contributed by atoms with E-state index in [4.69, 9.17) is 4.52 Å². The molecule has 0 aromatic heterocycles. The standard InChI is InChI=1S/C18H14F3OP/c1-22-23(15-11-9-14(10-12-15)18(19,20)21)17-8-4-6-13-5-2-3-7-16(13)17/h2-12H,1H3. The first-order valence-electron chi connectivity index (χ1n) is 7.00. The Bertz CT molecular complexity index is 807. The van der Waals surface area contributed by atoms with Crippen molar-refractivity contribution in [2.24, 2.45) is 0 Å². The van der Waals surface area contributed by atoms with Crippen LogP contribution in [0.1, 0.15) is 5.56 Å². The van der Waals surface area contributed by atoms with Gasteiger partial charge in [-0.3, -0.25) is 0 Å². The van der Waals surface area contributed by atoms with E-state index in [9.17, 15) is 13.2 Å². The van der Waals surface area contributed by atoms with Gasteiger partial charge in [-0.2, -0.15) is 13.2 Å². The lowest BCUT2D eigenvalue weighted by Gasteiger charge is -2.18. The van der Waals surface area contributed by atoms with E-state index >= 15 is 0 Å². The van der Waals surface area contributed by atoms with E-state index in [0.29, 0.717) is 0 Å². The van der Waals surface area contributed by atoms with Gasteiger partial charge in [0.2, 0.25) is 0 Å². The topological polar surface area (TPSA) is 9.23 Å². The van der Waals surface area contributed by atoms with Gasteiger partial charge >= 0.3 is 6.18 Å². The summed E-state index contributed by atoms with van der Waals surface area (Å²) in [5.41, 5.74) is -0.648. The number of rotatable bonds is 3. The first-order valence-corrected chi connectivity index (χ1v) is 8.26. The molecule has 0 N–H and O–H groups in total. The quantitative estimate of drug-likeness (QED) is 0.622. The summed E-state index contributed by atoms with van der Waals surface area (Å²) in [6.07, 6.45) is -4.33. The first-order chi connectivity index (χ1) is 11.0. The Kier molecular flexibility index (Phi) is 4.38. The van der Waals surface area contributed by atoms with Crippen molar-refractivity contribution < 1.29 is 17.7 Å². The maximum absolute atomic E-state index is 12.7. The first kappa shape index (κ1) is 16.0. The van der Waals surface area contributed by atoms with Crippen LogP contribution >= 0.6 is 8.15 Å². The highest BCUT2D eigenvalue weighted by Crippen LogP contribution is 2.37. The molecular formula is C18H14F3OP. The van der Waals surface area contributed by atoms with E-state index in [1.165, 1.54) is 12.1 Å². The average Bonchev–Trinajstić information content (AvgIpc) is 2.55. The van der Waals surface area contributed by atoms with Crippen molar-refractivity contribution in [3.05, 3.63) is 72.3 Å². The molecule has 0 amide bonds. The maximum atomic E-state index is 12.7. The molecule has 118 valence electrons. The van der Waals surface area contributed by atoms with E-state index < -0.39 is 19.9 Å². The predicted octanol–water partition coefficient (Wildman–Crippen LogP) is 4.85. The van der Waals surface area contributed by atoms with Crippen molar-refractivity contribution in [1.82, 2.24) is 0 Å². The summed E-state index contributed by atoms with van der Waals surface area (Å²) in [6.45, 7) is 0. The second-order valence-electron chi connectivity index (χ2n) is 5.02. The van der Waals surface area contributed by atoms with Crippen LogP contribution in [0.2, 0.25) is 0 Å². The smallest absolute Gasteiger partial charge is 0.353 e. The van der Waals surface area contributed by atoms with Crippen molar-refractivity contribution in [2.45, 2.75) is 6.18 Å². The molecule has 23 heavy (non-hydrogen) atoms. The molecular weight excluding hydrogens is 320 g/mol. The van der Waals surface area contributed by atoms with Gasteiger partial charge in [-0.05, 0) is 22.9 Å². The summed E-state index contributed by atoms with van der Waals surface area (Å²) in [5.74, 6) is 0. The van der Waals surface area contributed by atoms with Crippen LogP contribution in [0.4, 0.5) is 13.2 Å². The van der Waals surface area contributed by atoms with Crippen LogP contribution in [0.3, 0.4) is 0 Å². The minimum absolute atomic E-state index is 0.648. The maximum Gasteiger partial charge on any atom is 0.416 e. The molecule has 1 atom stereocenters. The Morgan fingerprint density at radius 3 is 2.13 bits per heavy atom. The Labute approximate surface area is 133 Å². The lowest BCUT2D eigenvalue weighted by Crippen LogP contribution is -2.15. The molecule has 0 bridgehead atoms. The highest BCUT2D eigenvalue weighted by molar-refractivity contribution is 7.69. The average molecular weight is 334 g/mol. The van der Waals surface area contributed by atoms with Gasteiger partial charge in [-0.25, -0.2) is 0 Å². The molecule has 0 saturated carbocycles. The van der Waals surface area contributed by atoms with Crippen LogP contribution in [0.15, 0.2) is 66.7 Å². The summed E-state index contributed by atoms with van der Waals surface area (Å²) in [5, 5.41) is 3.90. The normalized spacial score (nSPS) is 13.2. The zero-order valence-electron chi connectivity index (χ0n) is 12.3. The Morgan fingerprint density at radius 2 is 1.48 bits per heavy atom. The fourth-order valence-corrected chi connectivity index (χ4v) is 4.26. The van der Waals surface area contributed by atoms with Crippen molar-refractivity contribution >= 4 is 29.5 Å². The molecule has 3 rings (SSSR count). The number of halogens is 3. The van der Waals surface area contributed by atoms with Crippen molar-refractivity contribution in [2.75, 3.05) is 7.11 Å². The molecule has 1 nitrogen and oxygen atoms in total. The van der Waals surface area contributed by atoms with E-state index in [0.717, 1.165) is 33.5 Å². The van der Waals surface area contributed by atoms with Gasteiger partial charge in [0.1, 0.15) is 0 Å². The monoisotopic (exact) mass is 334 g/mol. The van der Waals surface area contributed by atoms with Crippen molar-refractivity contribution in [3.63, 3.8) is 0 Å². The minimum atomic E-state index is -4.33. The number of alkyl halides is 3. The van der Waals surface area contributed by atoms with Crippen molar-refractivity contribution in [1.29, 1.82) is 0 Å². The fourth-order valence-electron chi connectivity index (χ4n) is 2.51. The lowest BCUT2D eigenvalue weighted by atomic mass is 10.1. The summed E-state index contributed by atoms with van der Waals surface area (Å²) in [4.78, 5) is 0. The van der Waals surface area contributed by atoms with Crippen LogP contribution in [0.25, 0.3) is 10.8 Å². The molecule has 0 fully saturated rings. The highest BCUT2D eigenvalue weighted by atomic mass is 31.1. The van der Waals surface area contributed by atoms with Crippen LogP contribution in [0, 0.1) is 0 Å². The van der Waals surface area contributed by atoms with Crippen LogP contribution in [-0.2, 0) is 10.7 Å². The molecule has 0 aliphatic heterocycles. The van der Waals surface area contributed by atoms with Crippen molar-refractivity contribution in [3.8, 4) is 0 Å². The van der Waals surface area contributed by atoms with Gasteiger partial charge < -0.3 is 4.52 Å². The second-order valence-corrected chi connectivity index (χ2v) is 6.97. The van der Waals surface area contributed by atoms with E-state index in [1.54, 1.807) is 7.11 Å². The third kappa shape index (κ3) is 3.24. The zero-order chi connectivity index (χ0) is 16.4. The second kappa shape index (κ2) is 6.31. The fraction of sp³-hybridized carbons (Fsp3) is 0.111. The van der Waals surface area contributed by atoms with E-state index in [-0.39, 0.29) is 0 Å². The Balaban J connectivity index is 2.05. The van der Waals surface area contributed by atoms with Gasteiger partial charge in [-0.1, -0.05) is 54.6 Å². The van der Waals surface area contributed by atoms with Crippen LogP contribution in [-0.4, -0.2) is 7.11 Å². The van der Waals surface area contributed by atoms with Gasteiger partial charge in [0, 0.05) is 17.7 Å². The molecule has 3 aromatic carbocycles. The van der Waals surface area contributed by atoms with Gasteiger partial charge in [0.15, 0.2) is 0 Å². The molecule has 0 radical (unpaired) electrons. The number of fused-ring (bicyclic) bond motifs is 1. The van der Waals surface area contributed by atoms with E-state index in [1.807, 2.05) is 42.5 Å². The molecule has 0 saturated heterocycles. The molecule has 0 aliphatic rings. The minimum Gasteiger partial charge on any atom is -0.353 e. The molecule has 0 heterocycles. The number of hydrogen-bond donors (Lipinski definition) is 0. The van der Waals surface area contributed by atoms with Gasteiger partial charge in [-0.15, -0.1) is 0 Å². The van der Waals surface area contributed by atoms with Gasteiger partial charge in [0.05, 0.1) is 13.7 Å². The summed E-state index contributed by atoms with van der Waals surface area (Å²) >= 11 is 0. The SMILES string of the molecule is COP(c1ccc(C(F)(F)F)cc1)c1cccc2ccccc12. The summed E-state index contributed by atoms with van der Waals surface area (Å²) < 4.78 is 43.8. The van der Waals surface area contributed by atoms with E-state index in [2.05, 4.69) is 0 Å². The predicted molar refractivity (Wildman–Crippen MR) is 88.6 cm³/mol. The lowest BCUT2D eigenvalue weighted by molar-refractivity contribution is -0.137. The van der Waals surface area contributed by atoms with Crippen LogP contribution in [0.5, 0.6) is 0 Å². The molecule has 5 heteroatoms. The third-order valence-corrected chi connectivity index (χ3v) is 5.56. The largest absolute Gasteiger partial charge is 0.416 e. The molecule has 0 spiro atoms. The summed E-state index contributed by atoms with van der Waals surface area (Å²) in [7, 11) is 0.424. The summed E-state index contributed by atoms with van der Waals surface area (Å²) in [6, 6.07) is 19.0. The molecule has 3 aromatic rings. The Morgan fingerprint density at radius 1 is 0.826 bits per heavy atom. The number of benzene rings is 3. The van der Waals surface area contributed by atoms with Gasteiger partial charge in [0.25, 0.3) is 0 Å². The Hall–Kier alpha value is -1.90. The highest BCUT2D eigenvalue weighted by Gasteiger charge is 2.30.